The Morgan fingerprint density at radius 3 is 2.61 bits per heavy atom. The van der Waals surface area contributed by atoms with Gasteiger partial charge in [-0.3, -0.25) is 14.9 Å². The van der Waals surface area contributed by atoms with Crippen molar-refractivity contribution >= 4 is 29.9 Å². The second-order valence-electron chi connectivity index (χ2n) is 7.80. The van der Waals surface area contributed by atoms with E-state index in [1.54, 1.807) is 7.05 Å². The van der Waals surface area contributed by atoms with Gasteiger partial charge in [-0.1, -0.05) is 36.4 Å². The number of likely N-dealkylation sites (tertiary alicyclic amines) is 1. The average molecular weight is 537 g/mol. The highest BCUT2D eigenvalue weighted by atomic mass is 127. The molecule has 0 bridgehead atoms. The summed E-state index contributed by atoms with van der Waals surface area (Å²) in [6.45, 7) is 7.64. The van der Waals surface area contributed by atoms with Crippen LogP contribution in [0.15, 0.2) is 53.7 Å². The number of halogens is 1. The monoisotopic (exact) mass is 537 g/mol. The van der Waals surface area contributed by atoms with E-state index in [-0.39, 0.29) is 24.0 Å². The summed E-state index contributed by atoms with van der Waals surface area (Å²) >= 11 is 0. The van der Waals surface area contributed by atoms with Crippen LogP contribution >= 0.6 is 24.0 Å². The molecule has 3 rings (SSSR count). The van der Waals surface area contributed by atoms with E-state index in [4.69, 9.17) is 4.74 Å². The molecule has 0 radical (unpaired) electrons. The zero-order chi connectivity index (χ0) is 21.0. The number of hydrogen-bond donors (Lipinski definition) is 2. The van der Waals surface area contributed by atoms with Crippen LogP contribution in [0.1, 0.15) is 36.1 Å². The van der Waals surface area contributed by atoms with Crippen LogP contribution in [0, 0.1) is 6.92 Å². The molecule has 7 heteroatoms. The molecule has 2 aromatic rings. The first-order valence-corrected chi connectivity index (χ1v) is 11.0. The number of aromatic nitrogens is 1. The number of hydrogen-bond acceptors (Lipinski definition) is 4. The molecule has 0 spiro atoms. The van der Waals surface area contributed by atoms with Crippen LogP contribution < -0.4 is 10.6 Å². The minimum absolute atomic E-state index is 0. The lowest BCUT2D eigenvalue weighted by Crippen LogP contribution is -2.38. The maximum atomic E-state index is 6.11. The fourth-order valence-electron chi connectivity index (χ4n) is 3.70. The van der Waals surface area contributed by atoms with Crippen LogP contribution in [-0.4, -0.2) is 55.2 Å². The third-order valence-electron chi connectivity index (χ3n) is 5.52. The first-order valence-electron chi connectivity index (χ1n) is 11.0. The van der Waals surface area contributed by atoms with Gasteiger partial charge in [-0.15, -0.1) is 24.0 Å². The predicted molar refractivity (Wildman–Crippen MR) is 138 cm³/mol. The van der Waals surface area contributed by atoms with Crippen LogP contribution in [0.2, 0.25) is 0 Å². The standard InChI is InChI=1S/C24H35N5O.HI/c1-20-8-6-13-26-23(20)18-28-24(25-2)27-14-7-17-30-22-11-15-29(16-12-22)19-21-9-4-3-5-10-21;/h3-6,8-10,13,22H,7,11-12,14-19H2,1-2H3,(H2,25,27,28);1H. The van der Waals surface area contributed by atoms with Gasteiger partial charge >= 0.3 is 0 Å². The molecule has 0 saturated carbocycles. The Morgan fingerprint density at radius 2 is 1.90 bits per heavy atom. The number of benzene rings is 1. The second-order valence-corrected chi connectivity index (χ2v) is 7.80. The van der Waals surface area contributed by atoms with Gasteiger partial charge in [-0.25, -0.2) is 0 Å². The summed E-state index contributed by atoms with van der Waals surface area (Å²) in [5, 5.41) is 6.68. The van der Waals surface area contributed by atoms with E-state index >= 15 is 0 Å². The van der Waals surface area contributed by atoms with Crippen molar-refractivity contribution in [2.24, 2.45) is 4.99 Å². The lowest BCUT2D eigenvalue weighted by Gasteiger charge is -2.32. The van der Waals surface area contributed by atoms with E-state index < -0.39 is 0 Å². The van der Waals surface area contributed by atoms with Gasteiger partial charge in [0.25, 0.3) is 0 Å². The summed E-state index contributed by atoms with van der Waals surface area (Å²) in [4.78, 5) is 11.2. The zero-order valence-corrected chi connectivity index (χ0v) is 21.0. The molecule has 0 unspecified atom stereocenters. The van der Waals surface area contributed by atoms with Crippen molar-refractivity contribution in [1.82, 2.24) is 20.5 Å². The summed E-state index contributed by atoms with van der Waals surface area (Å²) in [6, 6.07) is 14.7. The quantitative estimate of drug-likeness (QED) is 0.221. The Morgan fingerprint density at radius 1 is 1.13 bits per heavy atom. The molecule has 1 aliphatic heterocycles. The van der Waals surface area contributed by atoms with Crippen molar-refractivity contribution in [2.45, 2.75) is 45.4 Å². The summed E-state index contributed by atoms with van der Waals surface area (Å²) in [5.41, 5.74) is 3.62. The molecule has 1 aliphatic rings. The number of piperidine rings is 1. The van der Waals surface area contributed by atoms with E-state index in [1.165, 1.54) is 11.1 Å². The molecule has 2 heterocycles. The third-order valence-corrected chi connectivity index (χ3v) is 5.52. The van der Waals surface area contributed by atoms with E-state index in [0.717, 1.165) is 63.7 Å². The maximum Gasteiger partial charge on any atom is 0.191 e. The highest BCUT2D eigenvalue weighted by Gasteiger charge is 2.19. The predicted octanol–water partition coefficient (Wildman–Crippen LogP) is 3.74. The number of pyridine rings is 1. The molecular weight excluding hydrogens is 501 g/mol. The maximum absolute atomic E-state index is 6.11. The topological polar surface area (TPSA) is 61.8 Å². The average Bonchev–Trinajstić information content (AvgIpc) is 2.78. The second kappa shape index (κ2) is 14.4. The summed E-state index contributed by atoms with van der Waals surface area (Å²) < 4.78 is 6.11. The fraction of sp³-hybridized carbons (Fsp3) is 0.500. The van der Waals surface area contributed by atoms with Crippen LogP contribution in [0.4, 0.5) is 0 Å². The summed E-state index contributed by atoms with van der Waals surface area (Å²) in [7, 11) is 1.79. The van der Waals surface area contributed by atoms with Crippen molar-refractivity contribution in [3.05, 3.63) is 65.5 Å². The Bertz CT molecular complexity index is 779. The molecule has 1 fully saturated rings. The van der Waals surface area contributed by atoms with Crippen molar-refractivity contribution in [3.63, 3.8) is 0 Å². The van der Waals surface area contributed by atoms with Crippen LogP contribution in [-0.2, 0) is 17.8 Å². The van der Waals surface area contributed by atoms with Gasteiger partial charge in [0.05, 0.1) is 18.3 Å². The molecule has 1 aromatic carbocycles. The Balaban J connectivity index is 0.00000341. The number of aliphatic imine (C=N–C) groups is 1. The lowest BCUT2D eigenvalue weighted by molar-refractivity contribution is 0.00534. The summed E-state index contributed by atoms with van der Waals surface area (Å²) in [6.07, 6.45) is 5.42. The van der Waals surface area contributed by atoms with Crippen LogP contribution in [0.25, 0.3) is 0 Å². The van der Waals surface area contributed by atoms with Gasteiger partial charge in [-0.05, 0) is 43.4 Å². The normalized spacial score (nSPS) is 15.4. The molecule has 170 valence electrons. The van der Waals surface area contributed by atoms with E-state index in [0.29, 0.717) is 12.6 Å². The molecular formula is C24H36IN5O. The molecule has 0 aliphatic carbocycles. The molecule has 6 nitrogen and oxygen atoms in total. The van der Waals surface area contributed by atoms with Gasteiger partial charge < -0.3 is 15.4 Å². The smallest absolute Gasteiger partial charge is 0.191 e. The Hall–Kier alpha value is -1.71. The Labute approximate surface area is 203 Å². The minimum atomic E-state index is 0. The van der Waals surface area contributed by atoms with Gasteiger partial charge in [-0.2, -0.15) is 0 Å². The highest BCUT2D eigenvalue weighted by molar-refractivity contribution is 14.0. The van der Waals surface area contributed by atoms with Crippen molar-refractivity contribution < 1.29 is 4.74 Å². The molecule has 1 aromatic heterocycles. The van der Waals surface area contributed by atoms with Gasteiger partial charge in [0.1, 0.15) is 0 Å². The SMILES string of the molecule is CN=C(NCCCOC1CCN(Cc2ccccc2)CC1)NCc1ncccc1C.I. The molecule has 0 atom stereocenters. The molecule has 1 saturated heterocycles. The fourth-order valence-corrected chi connectivity index (χ4v) is 3.70. The highest BCUT2D eigenvalue weighted by Crippen LogP contribution is 2.16. The number of aryl methyl sites for hydroxylation is 1. The van der Waals surface area contributed by atoms with E-state index in [2.05, 4.69) is 68.8 Å². The molecule has 0 amide bonds. The first-order chi connectivity index (χ1) is 14.7. The summed E-state index contributed by atoms with van der Waals surface area (Å²) in [5.74, 6) is 0.800. The third kappa shape index (κ3) is 9.13. The number of nitrogens with zero attached hydrogens (tertiary/aromatic N) is 3. The van der Waals surface area contributed by atoms with E-state index in [1.807, 2.05) is 12.3 Å². The number of rotatable bonds is 9. The Kier molecular flexibility index (Phi) is 11.8. The van der Waals surface area contributed by atoms with Gasteiger partial charge in [0, 0.05) is 46.0 Å². The van der Waals surface area contributed by atoms with E-state index in [9.17, 15) is 0 Å². The number of guanidine groups is 1. The first kappa shape index (κ1) is 25.5. The lowest BCUT2D eigenvalue weighted by atomic mass is 10.1. The zero-order valence-electron chi connectivity index (χ0n) is 18.7. The van der Waals surface area contributed by atoms with Gasteiger partial charge in [0.15, 0.2) is 5.96 Å². The largest absolute Gasteiger partial charge is 0.378 e. The molecule has 31 heavy (non-hydrogen) atoms. The number of ether oxygens (including phenoxy) is 1. The molecule has 2 N–H and O–H groups in total. The van der Waals surface area contributed by atoms with Crippen molar-refractivity contribution in [1.29, 1.82) is 0 Å². The van der Waals surface area contributed by atoms with Gasteiger partial charge in [0.2, 0.25) is 0 Å². The minimum Gasteiger partial charge on any atom is -0.378 e. The van der Waals surface area contributed by atoms with Crippen molar-refractivity contribution in [2.75, 3.05) is 33.3 Å². The van der Waals surface area contributed by atoms with Crippen LogP contribution in [0.3, 0.4) is 0 Å². The van der Waals surface area contributed by atoms with Crippen LogP contribution in [0.5, 0.6) is 0 Å². The van der Waals surface area contributed by atoms with Crippen molar-refractivity contribution in [3.8, 4) is 0 Å². The number of nitrogens with one attached hydrogen (secondary N) is 2.